The van der Waals surface area contributed by atoms with Crippen LogP contribution < -0.4 is 10.1 Å². The zero-order valence-electron chi connectivity index (χ0n) is 13.9. The maximum Gasteiger partial charge on any atom is 0.232 e. The summed E-state index contributed by atoms with van der Waals surface area (Å²) in [6, 6.07) is 0. The third-order valence-corrected chi connectivity index (χ3v) is 4.11. The van der Waals surface area contributed by atoms with Crippen molar-refractivity contribution in [3.8, 4) is 5.88 Å². The van der Waals surface area contributed by atoms with Gasteiger partial charge in [0.05, 0.1) is 18.1 Å². The number of rotatable bonds is 6. The summed E-state index contributed by atoms with van der Waals surface area (Å²) in [6.45, 7) is 10.8. The minimum atomic E-state index is 0.303. The smallest absolute Gasteiger partial charge is 0.232 e. The fraction of sp³-hybridized carbons (Fsp3) is 0.765. The second kappa shape index (κ2) is 7.21. The molecule has 0 atom stereocenters. The summed E-state index contributed by atoms with van der Waals surface area (Å²) in [5.74, 6) is 1.31. The summed E-state index contributed by atoms with van der Waals surface area (Å²) in [5, 5.41) is 3.37. The summed E-state index contributed by atoms with van der Waals surface area (Å²) < 4.78 is 5.95. The van der Waals surface area contributed by atoms with E-state index in [1.54, 1.807) is 6.20 Å². The predicted molar refractivity (Wildman–Crippen MR) is 85.2 cm³/mol. The molecule has 0 aromatic carbocycles. The second-order valence-corrected chi connectivity index (χ2v) is 7.35. The molecular weight excluding hydrogens is 262 g/mol. The molecule has 1 aromatic heterocycles. The van der Waals surface area contributed by atoms with Crippen molar-refractivity contribution in [2.45, 2.75) is 66.0 Å². The Morgan fingerprint density at radius 1 is 1.24 bits per heavy atom. The van der Waals surface area contributed by atoms with E-state index in [1.165, 1.54) is 12.8 Å². The molecule has 0 unspecified atom stereocenters. The number of aromatic nitrogens is 2. The van der Waals surface area contributed by atoms with Gasteiger partial charge in [0.1, 0.15) is 6.10 Å². The third-order valence-electron chi connectivity index (χ3n) is 4.11. The van der Waals surface area contributed by atoms with Crippen LogP contribution in [0.2, 0.25) is 0 Å². The van der Waals surface area contributed by atoms with Crippen molar-refractivity contribution >= 4 is 0 Å². The van der Waals surface area contributed by atoms with Gasteiger partial charge in [0.2, 0.25) is 5.88 Å². The topological polar surface area (TPSA) is 47.0 Å². The molecule has 1 heterocycles. The Morgan fingerprint density at radius 3 is 2.52 bits per heavy atom. The van der Waals surface area contributed by atoms with E-state index in [-0.39, 0.29) is 0 Å². The van der Waals surface area contributed by atoms with Gasteiger partial charge in [0.25, 0.3) is 0 Å². The Hall–Kier alpha value is -1.16. The Kier molecular flexibility index (Phi) is 5.57. The molecule has 1 fully saturated rings. The van der Waals surface area contributed by atoms with E-state index in [9.17, 15) is 0 Å². The van der Waals surface area contributed by atoms with Crippen molar-refractivity contribution in [2.24, 2.45) is 11.3 Å². The van der Waals surface area contributed by atoms with Crippen LogP contribution in [0.1, 0.15) is 59.1 Å². The van der Waals surface area contributed by atoms with Gasteiger partial charge in [0, 0.05) is 6.54 Å². The van der Waals surface area contributed by atoms with Crippen LogP contribution >= 0.6 is 0 Å². The van der Waals surface area contributed by atoms with E-state index in [0.717, 1.165) is 31.6 Å². The van der Waals surface area contributed by atoms with Crippen molar-refractivity contribution in [1.82, 2.24) is 15.3 Å². The van der Waals surface area contributed by atoms with Gasteiger partial charge in [-0.2, -0.15) is 0 Å². The number of hydrogen-bond acceptors (Lipinski definition) is 4. The van der Waals surface area contributed by atoms with Gasteiger partial charge < -0.3 is 10.1 Å². The summed E-state index contributed by atoms with van der Waals surface area (Å²) in [5.41, 5.74) is 1.44. The molecular formula is C17H29N3O. The predicted octanol–water partition coefficient (Wildman–Crippen LogP) is 3.57. The summed E-state index contributed by atoms with van der Waals surface area (Å²) >= 11 is 0. The van der Waals surface area contributed by atoms with Crippen LogP contribution in [0.4, 0.5) is 0 Å². The molecule has 0 radical (unpaired) electrons. The van der Waals surface area contributed by atoms with E-state index in [0.29, 0.717) is 23.3 Å². The lowest BCUT2D eigenvalue weighted by Gasteiger charge is -2.33. The van der Waals surface area contributed by atoms with Gasteiger partial charge in [-0.05, 0) is 43.6 Å². The molecule has 1 N–H and O–H groups in total. The summed E-state index contributed by atoms with van der Waals surface area (Å²) in [6.07, 6.45) is 8.56. The maximum absolute atomic E-state index is 5.95. The number of ether oxygens (including phenoxy) is 1. The first-order valence-corrected chi connectivity index (χ1v) is 8.13. The van der Waals surface area contributed by atoms with Gasteiger partial charge in [-0.3, -0.25) is 4.98 Å². The highest BCUT2D eigenvalue weighted by atomic mass is 16.5. The molecule has 0 saturated heterocycles. The molecule has 1 saturated carbocycles. The molecule has 2 rings (SSSR count). The highest BCUT2D eigenvalue weighted by Crippen LogP contribution is 2.36. The highest BCUT2D eigenvalue weighted by molar-refractivity contribution is 5.08. The Bertz CT molecular complexity index is 418. The minimum Gasteiger partial charge on any atom is -0.473 e. The van der Waals surface area contributed by atoms with Gasteiger partial charge in [-0.15, -0.1) is 0 Å². The molecule has 4 heteroatoms. The monoisotopic (exact) mass is 291 g/mol. The molecule has 1 aliphatic carbocycles. The SMILES string of the molecule is CC(C)CNCc1cnc(OC2CCC(C)(C)CC2)cn1. The lowest BCUT2D eigenvalue weighted by atomic mass is 9.76. The first-order chi connectivity index (χ1) is 9.94. The maximum atomic E-state index is 5.95. The number of hydrogen-bond donors (Lipinski definition) is 1. The van der Waals surface area contributed by atoms with Crippen molar-refractivity contribution < 1.29 is 4.74 Å². The van der Waals surface area contributed by atoms with Gasteiger partial charge in [0.15, 0.2) is 0 Å². The summed E-state index contributed by atoms with van der Waals surface area (Å²) in [4.78, 5) is 8.80. The van der Waals surface area contributed by atoms with Crippen molar-refractivity contribution in [1.29, 1.82) is 0 Å². The molecule has 0 amide bonds. The van der Waals surface area contributed by atoms with Crippen LogP contribution in [0.25, 0.3) is 0 Å². The molecule has 0 bridgehead atoms. The number of nitrogens with one attached hydrogen (secondary N) is 1. The normalized spacial score (nSPS) is 18.9. The first kappa shape index (κ1) is 16.2. The molecule has 21 heavy (non-hydrogen) atoms. The third kappa shape index (κ3) is 5.62. The van der Waals surface area contributed by atoms with E-state index < -0.39 is 0 Å². The van der Waals surface area contributed by atoms with Crippen molar-refractivity contribution in [2.75, 3.05) is 6.54 Å². The van der Waals surface area contributed by atoms with E-state index in [2.05, 4.69) is 43.0 Å². The highest BCUT2D eigenvalue weighted by Gasteiger charge is 2.27. The molecule has 1 aliphatic rings. The lowest BCUT2D eigenvalue weighted by Crippen LogP contribution is -2.28. The van der Waals surface area contributed by atoms with Crippen molar-refractivity contribution in [3.63, 3.8) is 0 Å². The molecule has 0 spiro atoms. The van der Waals surface area contributed by atoms with E-state index >= 15 is 0 Å². The standard InChI is InChI=1S/C17H29N3O/c1-13(2)9-18-10-14-11-20-16(12-19-14)21-15-5-7-17(3,4)8-6-15/h11-13,15,18H,5-10H2,1-4H3. The average Bonchev–Trinajstić information content (AvgIpc) is 2.43. The minimum absolute atomic E-state index is 0.303. The lowest BCUT2D eigenvalue weighted by molar-refractivity contribution is 0.0945. The van der Waals surface area contributed by atoms with Gasteiger partial charge >= 0.3 is 0 Å². The average molecular weight is 291 g/mol. The van der Waals surface area contributed by atoms with Crippen LogP contribution in [-0.2, 0) is 6.54 Å². The summed E-state index contributed by atoms with van der Waals surface area (Å²) in [7, 11) is 0. The fourth-order valence-electron chi connectivity index (χ4n) is 2.65. The second-order valence-electron chi connectivity index (χ2n) is 7.35. The largest absolute Gasteiger partial charge is 0.473 e. The van der Waals surface area contributed by atoms with Crippen LogP contribution in [0.5, 0.6) is 5.88 Å². The van der Waals surface area contributed by atoms with Crippen LogP contribution in [0, 0.1) is 11.3 Å². The Labute approximate surface area is 128 Å². The van der Waals surface area contributed by atoms with E-state index in [4.69, 9.17) is 4.74 Å². The van der Waals surface area contributed by atoms with E-state index in [1.807, 2.05) is 6.20 Å². The first-order valence-electron chi connectivity index (χ1n) is 8.13. The zero-order chi connectivity index (χ0) is 15.3. The fourth-order valence-corrected chi connectivity index (χ4v) is 2.65. The molecule has 0 aliphatic heterocycles. The molecule has 118 valence electrons. The van der Waals surface area contributed by atoms with Gasteiger partial charge in [-0.25, -0.2) is 4.98 Å². The van der Waals surface area contributed by atoms with Crippen molar-refractivity contribution in [3.05, 3.63) is 18.1 Å². The quantitative estimate of drug-likeness (QED) is 0.870. The van der Waals surface area contributed by atoms with Crippen LogP contribution in [-0.4, -0.2) is 22.6 Å². The molecule has 1 aromatic rings. The van der Waals surface area contributed by atoms with Gasteiger partial charge in [-0.1, -0.05) is 27.7 Å². The Balaban J connectivity index is 1.77. The number of nitrogens with zero attached hydrogens (tertiary/aromatic N) is 2. The zero-order valence-corrected chi connectivity index (χ0v) is 13.9. The molecule has 4 nitrogen and oxygen atoms in total. The van der Waals surface area contributed by atoms with Crippen LogP contribution in [0.15, 0.2) is 12.4 Å². The van der Waals surface area contributed by atoms with Crippen LogP contribution in [0.3, 0.4) is 0 Å². The Morgan fingerprint density at radius 2 is 1.95 bits per heavy atom.